The minimum absolute atomic E-state index is 1.07. The topological polar surface area (TPSA) is 12.9 Å². The highest BCUT2D eigenvalue weighted by Crippen LogP contribution is 2.16. The van der Waals surface area contributed by atoms with Crippen LogP contribution in [0.15, 0.2) is 24.4 Å². The van der Waals surface area contributed by atoms with Gasteiger partial charge in [-0.25, -0.2) is 0 Å². The summed E-state index contributed by atoms with van der Waals surface area (Å²) in [6.07, 6.45) is 1.83. The van der Waals surface area contributed by atoms with Crippen molar-refractivity contribution >= 4 is 10.8 Å². The molecule has 2 aromatic rings. The Morgan fingerprint density at radius 2 is 2.00 bits per heavy atom. The van der Waals surface area contributed by atoms with E-state index in [2.05, 4.69) is 30.1 Å². The second-order valence-corrected chi connectivity index (χ2v) is 3.00. The molecular formula is C11H10N. The van der Waals surface area contributed by atoms with Gasteiger partial charge in [0.1, 0.15) is 0 Å². The van der Waals surface area contributed by atoms with E-state index < -0.39 is 0 Å². The van der Waals surface area contributed by atoms with Gasteiger partial charge in [-0.15, -0.1) is 0 Å². The van der Waals surface area contributed by atoms with Crippen LogP contribution in [0.2, 0.25) is 0 Å². The summed E-state index contributed by atoms with van der Waals surface area (Å²) in [5.41, 5.74) is 2.25. The summed E-state index contributed by atoms with van der Waals surface area (Å²) in [6, 6.07) is 9.45. The van der Waals surface area contributed by atoms with Gasteiger partial charge in [0.05, 0.1) is 0 Å². The maximum Gasteiger partial charge on any atom is 0.0451 e. The molecule has 1 radical (unpaired) electrons. The summed E-state index contributed by atoms with van der Waals surface area (Å²) < 4.78 is 0. The average molecular weight is 156 g/mol. The van der Waals surface area contributed by atoms with Gasteiger partial charge in [-0.1, -0.05) is 12.1 Å². The number of nitrogens with zero attached hydrogens (tertiary/aromatic N) is 1. The van der Waals surface area contributed by atoms with Crippen LogP contribution in [0.4, 0.5) is 0 Å². The van der Waals surface area contributed by atoms with Gasteiger partial charge in [0.25, 0.3) is 0 Å². The first-order valence-electron chi connectivity index (χ1n) is 4.01. The third-order valence-corrected chi connectivity index (χ3v) is 2.02. The third-order valence-electron chi connectivity index (χ3n) is 2.02. The molecule has 12 heavy (non-hydrogen) atoms. The smallest absolute Gasteiger partial charge is 0.0451 e. The van der Waals surface area contributed by atoms with E-state index in [0.717, 1.165) is 11.1 Å². The van der Waals surface area contributed by atoms with E-state index in [1.54, 1.807) is 0 Å². The summed E-state index contributed by atoms with van der Waals surface area (Å²) in [5.74, 6) is 0. The summed E-state index contributed by atoms with van der Waals surface area (Å²) in [7, 11) is 0. The summed E-state index contributed by atoms with van der Waals surface area (Å²) in [4.78, 5) is 4.22. The van der Waals surface area contributed by atoms with E-state index in [1.165, 1.54) is 10.9 Å². The molecule has 0 N–H and O–H groups in total. The molecule has 0 bridgehead atoms. The van der Waals surface area contributed by atoms with Crippen LogP contribution in [0.5, 0.6) is 0 Å². The molecule has 1 aromatic heterocycles. The van der Waals surface area contributed by atoms with Crippen molar-refractivity contribution in [2.45, 2.75) is 13.8 Å². The zero-order valence-corrected chi connectivity index (χ0v) is 7.26. The van der Waals surface area contributed by atoms with E-state index >= 15 is 0 Å². The van der Waals surface area contributed by atoms with Crippen molar-refractivity contribution in [1.29, 1.82) is 0 Å². The van der Waals surface area contributed by atoms with Crippen molar-refractivity contribution in [3.63, 3.8) is 0 Å². The standard InChI is InChI=1S/C11H10N/c1-8-3-4-11-9(2)12-6-5-10(11)7-8/h3-6H,1-2H3. The predicted octanol–water partition coefficient (Wildman–Crippen LogP) is 2.65. The van der Waals surface area contributed by atoms with Crippen molar-refractivity contribution in [1.82, 2.24) is 4.98 Å². The number of hydrogen-bond donors (Lipinski definition) is 0. The van der Waals surface area contributed by atoms with Gasteiger partial charge >= 0.3 is 0 Å². The second kappa shape index (κ2) is 2.59. The van der Waals surface area contributed by atoms with Gasteiger partial charge < -0.3 is 0 Å². The van der Waals surface area contributed by atoms with Crippen molar-refractivity contribution in [3.8, 4) is 0 Å². The molecule has 0 spiro atoms. The van der Waals surface area contributed by atoms with E-state index in [-0.39, 0.29) is 0 Å². The molecule has 0 fully saturated rings. The molecule has 0 aliphatic carbocycles. The lowest BCUT2D eigenvalue weighted by Gasteiger charge is -2.00. The highest BCUT2D eigenvalue weighted by Gasteiger charge is 1.96. The lowest BCUT2D eigenvalue weighted by molar-refractivity contribution is 1.23. The van der Waals surface area contributed by atoms with Gasteiger partial charge in [0, 0.05) is 17.3 Å². The molecule has 2 rings (SSSR count). The van der Waals surface area contributed by atoms with Crippen LogP contribution >= 0.6 is 0 Å². The fraction of sp³-hybridized carbons (Fsp3) is 0.182. The number of hydrogen-bond acceptors (Lipinski definition) is 1. The lowest BCUT2D eigenvalue weighted by atomic mass is 10.1. The Bertz CT molecular complexity index is 418. The quantitative estimate of drug-likeness (QED) is 0.571. The molecule has 0 atom stereocenters. The van der Waals surface area contributed by atoms with E-state index in [4.69, 9.17) is 0 Å². The molecule has 0 unspecified atom stereocenters. The van der Waals surface area contributed by atoms with Crippen LogP contribution in [-0.2, 0) is 0 Å². The summed E-state index contributed by atoms with van der Waals surface area (Å²) in [6.45, 7) is 4.07. The third kappa shape index (κ3) is 1.07. The normalized spacial score (nSPS) is 10.5. The zero-order valence-electron chi connectivity index (χ0n) is 7.26. The maximum absolute atomic E-state index is 4.22. The highest BCUT2D eigenvalue weighted by atomic mass is 14.7. The average Bonchev–Trinajstić information content (AvgIpc) is 2.04. The molecule has 1 heterocycles. The Labute approximate surface area is 72.1 Å². The van der Waals surface area contributed by atoms with E-state index in [9.17, 15) is 0 Å². The largest absolute Gasteiger partial charge is 0.261 e. The molecule has 1 nitrogen and oxygen atoms in total. The zero-order chi connectivity index (χ0) is 8.55. The second-order valence-electron chi connectivity index (χ2n) is 3.00. The fourth-order valence-corrected chi connectivity index (χ4v) is 1.36. The first-order chi connectivity index (χ1) is 5.77. The highest BCUT2D eigenvalue weighted by molar-refractivity contribution is 5.84. The Kier molecular flexibility index (Phi) is 1.58. The van der Waals surface area contributed by atoms with Crippen LogP contribution in [0, 0.1) is 19.9 Å². The molecule has 59 valence electrons. The Morgan fingerprint density at radius 3 is 2.83 bits per heavy atom. The fourth-order valence-electron chi connectivity index (χ4n) is 1.36. The number of aryl methyl sites for hydroxylation is 2. The Hall–Kier alpha value is -1.37. The van der Waals surface area contributed by atoms with Crippen LogP contribution < -0.4 is 0 Å². The number of fused-ring (bicyclic) bond motifs is 1. The number of pyridine rings is 1. The summed E-state index contributed by atoms with van der Waals surface area (Å²) >= 11 is 0. The van der Waals surface area contributed by atoms with Crippen molar-refractivity contribution in [3.05, 3.63) is 41.7 Å². The number of benzene rings is 1. The molecule has 0 aliphatic rings. The molecule has 0 aliphatic heterocycles. The summed E-state index contributed by atoms with van der Waals surface area (Å²) in [5, 5.41) is 2.35. The molecule has 0 saturated heterocycles. The van der Waals surface area contributed by atoms with Crippen molar-refractivity contribution in [2.75, 3.05) is 0 Å². The molecule has 1 aromatic carbocycles. The Morgan fingerprint density at radius 1 is 1.17 bits per heavy atom. The first kappa shape index (κ1) is 7.29. The lowest BCUT2D eigenvalue weighted by Crippen LogP contribution is -1.83. The molecular weight excluding hydrogens is 146 g/mol. The number of rotatable bonds is 0. The van der Waals surface area contributed by atoms with E-state index in [1.807, 2.05) is 19.2 Å². The predicted molar refractivity (Wildman–Crippen MR) is 50.1 cm³/mol. The van der Waals surface area contributed by atoms with Crippen LogP contribution in [0.1, 0.15) is 11.3 Å². The van der Waals surface area contributed by atoms with Gasteiger partial charge in [-0.05, 0) is 36.9 Å². The van der Waals surface area contributed by atoms with E-state index in [0.29, 0.717) is 0 Å². The SMILES string of the molecule is Cc1[c]c2ccnc(C)c2cc1. The monoisotopic (exact) mass is 156 g/mol. The molecule has 0 saturated carbocycles. The van der Waals surface area contributed by atoms with Crippen molar-refractivity contribution < 1.29 is 0 Å². The minimum Gasteiger partial charge on any atom is -0.261 e. The van der Waals surface area contributed by atoms with Gasteiger partial charge in [0.2, 0.25) is 0 Å². The van der Waals surface area contributed by atoms with Crippen LogP contribution in [0.3, 0.4) is 0 Å². The minimum atomic E-state index is 1.07. The van der Waals surface area contributed by atoms with Crippen LogP contribution in [-0.4, -0.2) is 4.98 Å². The maximum atomic E-state index is 4.22. The molecule has 1 heteroatoms. The van der Waals surface area contributed by atoms with Crippen LogP contribution in [0.25, 0.3) is 10.8 Å². The molecule has 0 amide bonds. The van der Waals surface area contributed by atoms with Gasteiger partial charge in [-0.3, -0.25) is 4.98 Å². The van der Waals surface area contributed by atoms with Crippen molar-refractivity contribution in [2.24, 2.45) is 0 Å². The van der Waals surface area contributed by atoms with Gasteiger partial charge in [-0.2, -0.15) is 0 Å². The first-order valence-corrected chi connectivity index (χ1v) is 4.01. The Balaban J connectivity index is 2.86. The number of aromatic nitrogens is 1. The van der Waals surface area contributed by atoms with Gasteiger partial charge in [0.15, 0.2) is 0 Å².